The fraction of sp³-hybridized carbons (Fsp3) is 0.500. The monoisotopic (exact) mass is 434 g/mol. The van der Waals surface area contributed by atoms with Gasteiger partial charge in [0.05, 0.1) is 0 Å². The van der Waals surface area contributed by atoms with E-state index >= 15 is 0 Å². The number of carbonyl (C=O) groups is 1. The molecule has 0 spiro atoms. The number of unbranched alkanes of at least 4 members (excludes halogenated alkanes) is 1. The van der Waals surface area contributed by atoms with Crippen molar-refractivity contribution in [2.24, 2.45) is 10.7 Å². The Morgan fingerprint density at radius 3 is 2.78 bits per heavy atom. The van der Waals surface area contributed by atoms with Gasteiger partial charge in [0.25, 0.3) is 5.91 Å². The molecule has 3 N–H and O–H groups in total. The van der Waals surface area contributed by atoms with E-state index in [4.69, 9.17) is 10.5 Å². The van der Waals surface area contributed by atoms with Crippen molar-refractivity contribution < 1.29 is 9.53 Å². The highest BCUT2D eigenvalue weighted by Crippen LogP contribution is 2.13. The van der Waals surface area contributed by atoms with E-state index in [2.05, 4.69) is 22.1 Å². The summed E-state index contributed by atoms with van der Waals surface area (Å²) in [6.07, 6.45) is 2.29. The zero-order valence-corrected chi connectivity index (χ0v) is 16.4. The van der Waals surface area contributed by atoms with Crippen molar-refractivity contribution in [3.63, 3.8) is 0 Å². The van der Waals surface area contributed by atoms with Crippen molar-refractivity contribution in [1.29, 1.82) is 0 Å². The Morgan fingerprint density at radius 1 is 1.43 bits per heavy atom. The first-order chi connectivity index (χ1) is 10.6. The minimum atomic E-state index is -0.485. The van der Waals surface area contributed by atoms with Crippen LogP contribution in [0.2, 0.25) is 0 Å². The van der Waals surface area contributed by atoms with Gasteiger partial charge in [-0.25, -0.2) is 0 Å². The molecule has 0 saturated carbocycles. The molecule has 0 bridgehead atoms. The van der Waals surface area contributed by atoms with Gasteiger partial charge in [-0.1, -0.05) is 25.5 Å². The Balaban J connectivity index is 0.00000484. The fourth-order valence-corrected chi connectivity index (χ4v) is 1.97. The highest BCUT2D eigenvalue weighted by Gasteiger charge is 2.05. The van der Waals surface area contributed by atoms with Gasteiger partial charge >= 0.3 is 0 Å². The van der Waals surface area contributed by atoms with Gasteiger partial charge in [0.15, 0.2) is 12.6 Å². The van der Waals surface area contributed by atoms with Gasteiger partial charge in [-0.2, -0.15) is 0 Å². The molecular weight excluding hydrogens is 407 g/mol. The first-order valence-electron chi connectivity index (χ1n) is 7.48. The van der Waals surface area contributed by atoms with E-state index in [0.717, 1.165) is 30.9 Å². The summed E-state index contributed by atoms with van der Waals surface area (Å²) in [4.78, 5) is 17.1. The first kappa shape index (κ1) is 21.5. The van der Waals surface area contributed by atoms with Crippen LogP contribution in [0.5, 0.6) is 5.75 Å². The summed E-state index contributed by atoms with van der Waals surface area (Å²) >= 11 is 0. The van der Waals surface area contributed by atoms with Gasteiger partial charge in [0.2, 0.25) is 0 Å². The van der Waals surface area contributed by atoms with Crippen molar-refractivity contribution in [3.8, 4) is 5.75 Å². The van der Waals surface area contributed by atoms with E-state index in [9.17, 15) is 4.79 Å². The summed E-state index contributed by atoms with van der Waals surface area (Å²) in [6, 6.07) is 7.56. The smallest absolute Gasteiger partial charge is 0.255 e. The predicted octanol–water partition coefficient (Wildman–Crippen LogP) is 1.98. The van der Waals surface area contributed by atoms with Gasteiger partial charge in [-0.05, 0) is 24.1 Å². The van der Waals surface area contributed by atoms with Crippen LogP contribution in [-0.2, 0) is 11.3 Å². The zero-order valence-electron chi connectivity index (χ0n) is 14.0. The normalized spacial score (nSPS) is 10.7. The lowest BCUT2D eigenvalue weighted by Gasteiger charge is -2.22. The number of ether oxygens (including phenoxy) is 1. The molecule has 0 radical (unpaired) electrons. The van der Waals surface area contributed by atoms with E-state index in [1.54, 1.807) is 13.1 Å². The van der Waals surface area contributed by atoms with Gasteiger partial charge in [-0.15, -0.1) is 24.0 Å². The average molecular weight is 434 g/mol. The molecule has 1 amide bonds. The molecule has 1 rings (SSSR count). The van der Waals surface area contributed by atoms with Crippen LogP contribution < -0.4 is 15.8 Å². The number of nitrogens with two attached hydrogens (primary N) is 1. The number of nitrogens with zero attached hydrogens (tertiary/aromatic N) is 2. The van der Waals surface area contributed by atoms with Crippen molar-refractivity contribution in [2.45, 2.75) is 26.3 Å². The molecule has 0 aromatic heterocycles. The maximum atomic E-state index is 10.7. The van der Waals surface area contributed by atoms with E-state index in [1.807, 2.05) is 25.2 Å². The predicted molar refractivity (Wildman–Crippen MR) is 104 cm³/mol. The highest BCUT2D eigenvalue weighted by atomic mass is 127. The molecule has 1 aromatic carbocycles. The number of hydrogen-bond acceptors (Lipinski definition) is 3. The first-order valence-corrected chi connectivity index (χ1v) is 7.48. The molecule has 0 heterocycles. The quantitative estimate of drug-likeness (QED) is 0.373. The van der Waals surface area contributed by atoms with Crippen molar-refractivity contribution in [3.05, 3.63) is 29.8 Å². The Labute approximate surface area is 155 Å². The molecule has 0 aliphatic rings. The van der Waals surface area contributed by atoms with Crippen molar-refractivity contribution in [1.82, 2.24) is 10.2 Å². The van der Waals surface area contributed by atoms with Crippen LogP contribution in [0, 0.1) is 0 Å². The second-order valence-electron chi connectivity index (χ2n) is 5.08. The van der Waals surface area contributed by atoms with Crippen LogP contribution in [0.15, 0.2) is 29.3 Å². The van der Waals surface area contributed by atoms with Gasteiger partial charge in [0, 0.05) is 27.2 Å². The molecule has 0 saturated heterocycles. The van der Waals surface area contributed by atoms with Crippen LogP contribution in [-0.4, -0.2) is 44.0 Å². The summed E-state index contributed by atoms with van der Waals surface area (Å²) in [7, 11) is 3.80. The van der Waals surface area contributed by atoms with Crippen molar-refractivity contribution in [2.75, 3.05) is 27.2 Å². The number of aliphatic imine (C=N–C) groups is 1. The molecule has 0 aliphatic carbocycles. The Bertz CT molecular complexity index is 509. The topological polar surface area (TPSA) is 79.9 Å². The summed E-state index contributed by atoms with van der Waals surface area (Å²) < 4.78 is 5.30. The number of primary amides is 1. The number of halogens is 1. The maximum Gasteiger partial charge on any atom is 0.255 e. The Morgan fingerprint density at radius 2 is 2.17 bits per heavy atom. The van der Waals surface area contributed by atoms with Gasteiger partial charge in [-0.3, -0.25) is 9.79 Å². The number of benzene rings is 1. The van der Waals surface area contributed by atoms with E-state index in [1.165, 1.54) is 0 Å². The molecular formula is C16H27IN4O2. The second-order valence-corrected chi connectivity index (χ2v) is 5.08. The summed E-state index contributed by atoms with van der Waals surface area (Å²) in [5, 5.41) is 3.32. The number of guanidine groups is 1. The molecule has 0 aliphatic heterocycles. The molecule has 0 fully saturated rings. The summed E-state index contributed by atoms with van der Waals surface area (Å²) in [5.41, 5.74) is 6.12. The van der Waals surface area contributed by atoms with Gasteiger partial charge < -0.3 is 20.7 Å². The number of hydrogen-bond donors (Lipinski definition) is 2. The number of amides is 1. The number of rotatable bonds is 8. The van der Waals surface area contributed by atoms with Crippen molar-refractivity contribution >= 4 is 35.8 Å². The van der Waals surface area contributed by atoms with Crippen LogP contribution >= 0.6 is 24.0 Å². The summed E-state index contributed by atoms with van der Waals surface area (Å²) in [5.74, 6) is 1.01. The third-order valence-corrected chi connectivity index (χ3v) is 3.15. The molecule has 0 atom stereocenters. The maximum absolute atomic E-state index is 10.7. The molecule has 130 valence electrons. The summed E-state index contributed by atoms with van der Waals surface area (Å²) in [6.45, 7) is 3.66. The Hall–Kier alpha value is -1.51. The number of nitrogens with one attached hydrogen (secondary N) is 1. The lowest BCUT2D eigenvalue weighted by atomic mass is 10.2. The van der Waals surface area contributed by atoms with Crippen LogP contribution in [0.3, 0.4) is 0 Å². The second kappa shape index (κ2) is 12.0. The number of carbonyl (C=O) groups excluding carboxylic acids is 1. The standard InChI is InChI=1S/C16H26N4O2.HI/c1-4-5-9-20(3)16(18-2)19-11-13-7-6-8-14(10-13)22-12-15(17)21;/h6-8,10H,4-5,9,11-12H2,1-3H3,(H2,17,21)(H,18,19);1H. The van der Waals surface area contributed by atoms with Gasteiger partial charge in [0.1, 0.15) is 5.75 Å². The third-order valence-electron chi connectivity index (χ3n) is 3.15. The lowest BCUT2D eigenvalue weighted by Crippen LogP contribution is -2.38. The molecule has 0 unspecified atom stereocenters. The van der Waals surface area contributed by atoms with Crippen LogP contribution in [0.25, 0.3) is 0 Å². The molecule has 1 aromatic rings. The minimum Gasteiger partial charge on any atom is -0.484 e. The van der Waals surface area contributed by atoms with E-state index in [-0.39, 0.29) is 30.6 Å². The zero-order chi connectivity index (χ0) is 16.4. The SMILES string of the molecule is CCCCN(C)C(=NC)NCc1cccc(OCC(N)=O)c1.I. The average Bonchev–Trinajstić information content (AvgIpc) is 2.52. The van der Waals surface area contributed by atoms with Crippen LogP contribution in [0.4, 0.5) is 0 Å². The fourth-order valence-electron chi connectivity index (χ4n) is 1.97. The largest absolute Gasteiger partial charge is 0.484 e. The van der Waals surface area contributed by atoms with E-state index < -0.39 is 5.91 Å². The highest BCUT2D eigenvalue weighted by molar-refractivity contribution is 14.0. The minimum absolute atomic E-state index is 0. The van der Waals surface area contributed by atoms with E-state index in [0.29, 0.717) is 12.3 Å². The lowest BCUT2D eigenvalue weighted by molar-refractivity contribution is -0.119. The van der Waals surface area contributed by atoms with Crippen LogP contribution in [0.1, 0.15) is 25.3 Å². The molecule has 6 nitrogen and oxygen atoms in total. The molecule has 7 heteroatoms. The third kappa shape index (κ3) is 8.63. The molecule has 23 heavy (non-hydrogen) atoms. The Kier molecular flexibility index (Phi) is 11.2.